The maximum absolute atomic E-state index is 12.9. The highest BCUT2D eigenvalue weighted by atomic mass is 32.2. The van der Waals surface area contributed by atoms with Crippen molar-refractivity contribution in [3.63, 3.8) is 0 Å². The Bertz CT molecular complexity index is 520. The fourth-order valence-electron chi connectivity index (χ4n) is 1.15. The Morgan fingerprint density at radius 1 is 1.24 bits per heavy atom. The summed E-state index contributed by atoms with van der Waals surface area (Å²) in [6, 6.07) is 1.41. The molecule has 1 rings (SSSR count). The van der Waals surface area contributed by atoms with Gasteiger partial charge in [-0.05, 0) is 18.2 Å². The number of rotatable bonds is 3. The number of halogens is 4. The molecule has 0 aromatic heterocycles. The molecule has 0 aliphatic carbocycles. The van der Waals surface area contributed by atoms with Crippen molar-refractivity contribution in [2.45, 2.75) is 24.2 Å². The first-order valence-electron chi connectivity index (χ1n) is 4.31. The molecule has 0 amide bonds. The number of hydrogen-bond donors (Lipinski definition) is 1. The first kappa shape index (κ1) is 13.9. The van der Waals surface area contributed by atoms with Crippen molar-refractivity contribution < 1.29 is 30.5 Å². The Balaban J connectivity index is 3.51. The molecule has 0 spiro atoms. The van der Waals surface area contributed by atoms with Gasteiger partial charge in [0.15, 0.2) is 0 Å². The fraction of sp³-hybridized carbons (Fsp3) is 0.333. The maximum atomic E-state index is 12.9. The smallest absolute Gasteiger partial charge is 0.282 e. The van der Waals surface area contributed by atoms with Gasteiger partial charge in [-0.25, -0.2) is 17.6 Å². The van der Waals surface area contributed by atoms with Crippen molar-refractivity contribution in [1.29, 1.82) is 0 Å². The summed E-state index contributed by atoms with van der Waals surface area (Å²) < 4.78 is 80.8. The summed E-state index contributed by atoms with van der Waals surface area (Å²) in [6.07, 6.45) is -3.11. The zero-order chi connectivity index (χ0) is 13.4. The van der Waals surface area contributed by atoms with Gasteiger partial charge in [-0.15, -0.1) is 0 Å². The molecule has 0 radical (unpaired) electrons. The van der Waals surface area contributed by atoms with Crippen molar-refractivity contribution in [3.8, 4) is 0 Å². The van der Waals surface area contributed by atoms with E-state index in [2.05, 4.69) is 0 Å². The molecule has 96 valence electrons. The van der Waals surface area contributed by atoms with E-state index in [1.165, 1.54) is 0 Å². The summed E-state index contributed by atoms with van der Waals surface area (Å²) in [7, 11) is -4.81. The van der Waals surface area contributed by atoms with E-state index >= 15 is 0 Å². The van der Waals surface area contributed by atoms with E-state index in [1.807, 2.05) is 0 Å². The van der Waals surface area contributed by atoms with Crippen LogP contribution in [0.3, 0.4) is 0 Å². The summed E-state index contributed by atoms with van der Waals surface area (Å²) in [6.45, 7) is 0.436. The summed E-state index contributed by atoms with van der Waals surface area (Å²) in [5.41, 5.74) is -1.79. The zero-order valence-electron chi connectivity index (χ0n) is 8.49. The van der Waals surface area contributed by atoms with Gasteiger partial charge < -0.3 is 0 Å². The molecule has 3 nitrogen and oxygen atoms in total. The second kappa shape index (κ2) is 4.26. The zero-order valence-corrected chi connectivity index (χ0v) is 9.31. The van der Waals surface area contributed by atoms with Crippen LogP contribution in [0.15, 0.2) is 23.1 Å². The third-order valence-electron chi connectivity index (χ3n) is 1.99. The van der Waals surface area contributed by atoms with E-state index in [9.17, 15) is 26.0 Å². The monoisotopic (exact) mass is 272 g/mol. The van der Waals surface area contributed by atoms with Crippen LogP contribution in [-0.4, -0.2) is 13.0 Å². The summed E-state index contributed by atoms with van der Waals surface area (Å²) >= 11 is 0. The van der Waals surface area contributed by atoms with Crippen LogP contribution >= 0.6 is 0 Å². The summed E-state index contributed by atoms with van der Waals surface area (Å²) in [5, 5.41) is 0. The molecule has 0 saturated carbocycles. The minimum absolute atomic E-state index is 0.436. The lowest BCUT2D eigenvalue weighted by atomic mass is 10.1. The number of hydrogen-bond acceptors (Lipinski definition) is 2. The van der Waals surface area contributed by atoms with Gasteiger partial charge in [0.2, 0.25) is 0 Å². The highest BCUT2D eigenvalue weighted by Crippen LogP contribution is 2.32. The van der Waals surface area contributed by atoms with Gasteiger partial charge in [0.05, 0.1) is 4.90 Å². The van der Waals surface area contributed by atoms with Crippen LogP contribution in [0.4, 0.5) is 17.6 Å². The SMILES string of the molecule is CC(F)(F)c1cc(C(F)F)cc(S(=O)(=O)O)c1. The normalized spacial score (nSPS) is 13.1. The molecule has 0 unspecified atom stereocenters. The van der Waals surface area contributed by atoms with Crippen LogP contribution in [-0.2, 0) is 16.0 Å². The van der Waals surface area contributed by atoms with Crippen LogP contribution in [0, 0.1) is 0 Å². The quantitative estimate of drug-likeness (QED) is 0.679. The van der Waals surface area contributed by atoms with Crippen molar-refractivity contribution >= 4 is 10.1 Å². The van der Waals surface area contributed by atoms with Crippen LogP contribution in [0.1, 0.15) is 24.5 Å². The molecule has 1 aromatic carbocycles. The molecule has 0 heterocycles. The van der Waals surface area contributed by atoms with Gasteiger partial charge >= 0.3 is 0 Å². The molecule has 1 N–H and O–H groups in total. The fourth-order valence-corrected chi connectivity index (χ4v) is 1.71. The lowest BCUT2D eigenvalue weighted by Gasteiger charge is -2.13. The van der Waals surface area contributed by atoms with Crippen molar-refractivity contribution in [3.05, 3.63) is 29.3 Å². The van der Waals surface area contributed by atoms with Crippen LogP contribution in [0.2, 0.25) is 0 Å². The second-order valence-corrected chi connectivity index (χ2v) is 4.88. The van der Waals surface area contributed by atoms with Gasteiger partial charge in [0, 0.05) is 18.1 Å². The molecule has 17 heavy (non-hydrogen) atoms. The van der Waals surface area contributed by atoms with E-state index < -0.39 is 38.5 Å². The Labute approximate surface area is 94.8 Å². The van der Waals surface area contributed by atoms with Gasteiger partial charge in [-0.3, -0.25) is 4.55 Å². The Morgan fingerprint density at radius 3 is 2.12 bits per heavy atom. The molecule has 0 atom stereocenters. The first-order valence-corrected chi connectivity index (χ1v) is 5.75. The molecular formula is C9H8F4O3S. The van der Waals surface area contributed by atoms with Crippen LogP contribution in [0.5, 0.6) is 0 Å². The minimum atomic E-state index is -4.81. The van der Waals surface area contributed by atoms with Crippen molar-refractivity contribution in [1.82, 2.24) is 0 Å². The molecule has 1 aromatic rings. The standard InChI is InChI=1S/C9H8F4O3S/c1-9(12,13)6-2-5(8(10)11)3-7(4-6)17(14,15)16/h2-4,8H,1H3,(H,14,15,16). The van der Waals surface area contributed by atoms with Crippen molar-refractivity contribution in [2.75, 3.05) is 0 Å². The van der Waals surface area contributed by atoms with Gasteiger partial charge in [0.1, 0.15) is 0 Å². The van der Waals surface area contributed by atoms with E-state index in [-0.39, 0.29) is 0 Å². The lowest BCUT2D eigenvalue weighted by molar-refractivity contribution is 0.0169. The molecule has 0 fully saturated rings. The average Bonchev–Trinajstić information content (AvgIpc) is 2.14. The van der Waals surface area contributed by atoms with Gasteiger partial charge in [-0.2, -0.15) is 8.42 Å². The van der Waals surface area contributed by atoms with Crippen LogP contribution in [0.25, 0.3) is 0 Å². The minimum Gasteiger partial charge on any atom is -0.282 e. The Hall–Kier alpha value is -1.15. The van der Waals surface area contributed by atoms with E-state index in [0.29, 0.717) is 25.1 Å². The largest absolute Gasteiger partial charge is 0.294 e. The van der Waals surface area contributed by atoms with Crippen molar-refractivity contribution in [2.24, 2.45) is 0 Å². The molecular weight excluding hydrogens is 264 g/mol. The summed E-state index contributed by atoms with van der Waals surface area (Å²) in [4.78, 5) is -0.980. The number of benzene rings is 1. The van der Waals surface area contributed by atoms with E-state index in [1.54, 1.807) is 0 Å². The highest BCUT2D eigenvalue weighted by molar-refractivity contribution is 7.85. The van der Waals surface area contributed by atoms with Crippen LogP contribution < -0.4 is 0 Å². The molecule has 0 bridgehead atoms. The average molecular weight is 272 g/mol. The molecule has 0 aliphatic rings. The predicted molar refractivity (Wildman–Crippen MR) is 50.8 cm³/mol. The topological polar surface area (TPSA) is 54.4 Å². The van der Waals surface area contributed by atoms with E-state index in [0.717, 1.165) is 0 Å². The highest BCUT2D eigenvalue weighted by Gasteiger charge is 2.28. The third kappa shape index (κ3) is 3.40. The van der Waals surface area contributed by atoms with Gasteiger partial charge in [0.25, 0.3) is 22.5 Å². The first-order chi connectivity index (χ1) is 7.51. The Morgan fingerprint density at radius 2 is 1.76 bits per heavy atom. The van der Waals surface area contributed by atoms with E-state index in [4.69, 9.17) is 4.55 Å². The molecule has 0 aliphatic heterocycles. The van der Waals surface area contributed by atoms with Gasteiger partial charge in [-0.1, -0.05) is 0 Å². The maximum Gasteiger partial charge on any atom is 0.294 e. The molecule has 8 heteroatoms. The lowest BCUT2D eigenvalue weighted by Crippen LogP contribution is -2.10. The number of alkyl halides is 4. The summed E-state index contributed by atoms with van der Waals surface area (Å²) in [5.74, 6) is -3.48. The third-order valence-corrected chi connectivity index (χ3v) is 2.82. The Kier molecular flexibility index (Phi) is 3.49. The molecule has 0 saturated heterocycles. The second-order valence-electron chi connectivity index (χ2n) is 3.45. The predicted octanol–water partition coefficient (Wildman–Crippen LogP) is 2.98.